The van der Waals surface area contributed by atoms with E-state index in [4.69, 9.17) is 16.3 Å². The quantitative estimate of drug-likeness (QED) is 0.711. The Kier molecular flexibility index (Phi) is 4.02. The second-order valence-electron chi connectivity index (χ2n) is 4.54. The summed E-state index contributed by atoms with van der Waals surface area (Å²) in [4.78, 5) is 0. The highest BCUT2D eigenvalue weighted by atomic mass is 35.5. The summed E-state index contributed by atoms with van der Waals surface area (Å²) in [7, 11) is 0. The van der Waals surface area contributed by atoms with E-state index in [1.165, 1.54) is 12.8 Å². The minimum absolute atomic E-state index is 0.0245. The maximum atomic E-state index is 5.80. The topological polar surface area (TPSA) is 21.3 Å². The van der Waals surface area contributed by atoms with E-state index in [1.807, 2.05) is 0 Å². The van der Waals surface area contributed by atoms with E-state index in [2.05, 4.69) is 26.1 Å². The van der Waals surface area contributed by atoms with E-state index in [0.29, 0.717) is 18.1 Å². The molecule has 0 amide bonds. The lowest BCUT2D eigenvalue weighted by molar-refractivity contribution is 0.0524. The molecule has 1 saturated heterocycles. The molecule has 0 radical (unpaired) electrons. The van der Waals surface area contributed by atoms with Crippen molar-refractivity contribution in [2.24, 2.45) is 0 Å². The molecule has 1 heterocycles. The van der Waals surface area contributed by atoms with Gasteiger partial charge in [-0.2, -0.15) is 0 Å². The molecule has 0 bridgehead atoms. The molecule has 1 N–H and O–H groups in total. The lowest BCUT2D eigenvalue weighted by atomic mass is 10.1. The average molecular weight is 206 g/mol. The van der Waals surface area contributed by atoms with Crippen LogP contribution in [-0.2, 0) is 4.74 Å². The number of rotatable bonds is 4. The first-order valence-corrected chi connectivity index (χ1v) is 5.53. The molecule has 2 nitrogen and oxygen atoms in total. The number of halogens is 1. The molecule has 0 spiro atoms. The summed E-state index contributed by atoms with van der Waals surface area (Å²) >= 11 is 5.80. The van der Waals surface area contributed by atoms with Crippen molar-refractivity contribution in [1.82, 2.24) is 5.32 Å². The lowest BCUT2D eigenvalue weighted by Crippen LogP contribution is -2.44. The van der Waals surface area contributed by atoms with Crippen LogP contribution in [0.1, 0.15) is 33.6 Å². The second kappa shape index (κ2) is 4.63. The Bertz CT molecular complexity index is 161. The Morgan fingerprint density at radius 1 is 1.46 bits per heavy atom. The van der Waals surface area contributed by atoms with Crippen molar-refractivity contribution in [3.05, 3.63) is 0 Å². The van der Waals surface area contributed by atoms with E-state index >= 15 is 0 Å². The van der Waals surface area contributed by atoms with Gasteiger partial charge in [0.15, 0.2) is 0 Å². The molecule has 2 atom stereocenters. The largest absolute Gasteiger partial charge is 0.374 e. The van der Waals surface area contributed by atoms with Crippen molar-refractivity contribution in [3.8, 4) is 0 Å². The van der Waals surface area contributed by atoms with E-state index < -0.39 is 0 Å². The first-order chi connectivity index (χ1) is 6.03. The Morgan fingerprint density at radius 3 is 2.62 bits per heavy atom. The summed E-state index contributed by atoms with van der Waals surface area (Å²) in [6, 6.07) is 0. The minimum atomic E-state index is 0.0245. The van der Waals surface area contributed by atoms with Gasteiger partial charge in [0.1, 0.15) is 0 Å². The zero-order chi connectivity index (χ0) is 9.90. The predicted octanol–water partition coefficient (Wildman–Crippen LogP) is 2.16. The van der Waals surface area contributed by atoms with Gasteiger partial charge in [-0.05, 0) is 33.6 Å². The second-order valence-corrected chi connectivity index (χ2v) is 4.81. The molecule has 0 aromatic carbocycles. The number of ether oxygens (including phenoxy) is 1. The smallest absolute Gasteiger partial charge is 0.0704 e. The van der Waals surface area contributed by atoms with E-state index in [9.17, 15) is 0 Å². The van der Waals surface area contributed by atoms with Crippen LogP contribution in [0, 0.1) is 0 Å². The van der Waals surface area contributed by atoms with Crippen molar-refractivity contribution >= 4 is 11.6 Å². The normalized spacial score (nSPS) is 29.5. The van der Waals surface area contributed by atoms with Crippen LogP contribution in [0.15, 0.2) is 0 Å². The van der Waals surface area contributed by atoms with Crippen LogP contribution < -0.4 is 5.32 Å². The van der Waals surface area contributed by atoms with Gasteiger partial charge in [0.25, 0.3) is 0 Å². The summed E-state index contributed by atoms with van der Waals surface area (Å²) in [6.07, 6.45) is 3.18. The van der Waals surface area contributed by atoms with Crippen LogP contribution in [0.25, 0.3) is 0 Å². The maximum absolute atomic E-state index is 5.80. The van der Waals surface area contributed by atoms with Gasteiger partial charge < -0.3 is 10.1 Å². The number of nitrogens with one attached hydrogen (secondary N) is 1. The Labute approximate surface area is 86.0 Å². The molecule has 0 saturated carbocycles. The van der Waals surface area contributed by atoms with Crippen LogP contribution in [-0.4, -0.2) is 30.2 Å². The summed E-state index contributed by atoms with van der Waals surface area (Å²) in [5.41, 5.74) is 0.0245. The number of hydrogen-bond acceptors (Lipinski definition) is 2. The third-order valence-corrected chi connectivity index (χ3v) is 3.13. The van der Waals surface area contributed by atoms with Gasteiger partial charge in [-0.1, -0.05) is 0 Å². The SMILES string of the molecule is CC1CCC(CNC(C)(C)CCl)O1. The fraction of sp³-hybridized carbons (Fsp3) is 1.00. The minimum Gasteiger partial charge on any atom is -0.374 e. The summed E-state index contributed by atoms with van der Waals surface area (Å²) in [5, 5.41) is 3.41. The molecule has 1 fully saturated rings. The lowest BCUT2D eigenvalue weighted by Gasteiger charge is -2.25. The molecule has 13 heavy (non-hydrogen) atoms. The average Bonchev–Trinajstić information content (AvgIpc) is 2.48. The van der Waals surface area contributed by atoms with Crippen molar-refractivity contribution < 1.29 is 4.74 Å². The maximum Gasteiger partial charge on any atom is 0.0704 e. The highest BCUT2D eigenvalue weighted by Gasteiger charge is 2.24. The van der Waals surface area contributed by atoms with Gasteiger partial charge in [-0.3, -0.25) is 0 Å². The summed E-state index contributed by atoms with van der Waals surface area (Å²) < 4.78 is 5.70. The van der Waals surface area contributed by atoms with Crippen LogP contribution in [0.3, 0.4) is 0 Å². The fourth-order valence-corrected chi connectivity index (χ4v) is 1.57. The molecule has 0 aromatic rings. The molecule has 2 unspecified atom stereocenters. The molecular formula is C10H20ClNO. The fourth-order valence-electron chi connectivity index (χ4n) is 1.47. The van der Waals surface area contributed by atoms with Crippen LogP contribution in [0.4, 0.5) is 0 Å². The Hall–Kier alpha value is 0.210. The van der Waals surface area contributed by atoms with Crippen molar-refractivity contribution in [2.45, 2.75) is 51.4 Å². The monoisotopic (exact) mass is 205 g/mol. The summed E-state index contributed by atoms with van der Waals surface area (Å²) in [5.74, 6) is 0.634. The van der Waals surface area contributed by atoms with Crippen molar-refractivity contribution in [2.75, 3.05) is 12.4 Å². The Balaban J connectivity index is 2.19. The standard InChI is InChI=1S/C10H20ClNO/c1-8-4-5-9(13-8)6-12-10(2,3)7-11/h8-9,12H,4-7H2,1-3H3. The van der Waals surface area contributed by atoms with Gasteiger partial charge in [0.05, 0.1) is 12.2 Å². The molecule has 1 aliphatic rings. The van der Waals surface area contributed by atoms with Crippen LogP contribution in [0.2, 0.25) is 0 Å². The van der Waals surface area contributed by atoms with Crippen LogP contribution >= 0.6 is 11.6 Å². The van der Waals surface area contributed by atoms with Gasteiger partial charge in [0, 0.05) is 18.0 Å². The van der Waals surface area contributed by atoms with Gasteiger partial charge in [-0.15, -0.1) is 11.6 Å². The third kappa shape index (κ3) is 3.84. The van der Waals surface area contributed by atoms with Crippen molar-refractivity contribution in [1.29, 1.82) is 0 Å². The zero-order valence-electron chi connectivity index (χ0n) is 8.77. The molecule has 1 rings (SSSR count). The van der Waals surface area contributed by atoms with Gasteiger partial charge in [0.2, 0.25) is 0 Å². The van der Waals surface area contributed by atoms with Gasteiger partial charge in [-0.25, -0.2) is 0 Å². The highest BCUT2D eigenvalue weighted by Crippen LogP contribution is 2.19. The number of hydrogen-bond donors (Lipinski definition) is 1. The number of alkyl halides is 1. The molecule has 1 aliphatic heterocycles. The first-order valence-electron chi connectivity index (χ1n) is 5.00. The highest BCUT2D eigenvalue weighted by molar-refractivity contribution is 6.18. The van der Waals surface area contributed by atoms with Crippen molar-refractivity contribution in [3.63, 3.8) is 0 Å². The molecule has 0 aromatic heterocycles. The predicted molar refractivity (Wildman–Crippen MR) is 56.4 cm³/mol. The Morgan fingerprint density at radius 2 is 2.15 bits per heavy atom. The van der Waals surface area contributed by atoms with E-state index in [1.54, 1.807) is 0 Å². The molecule has 0 aliphatic carbocycles. The molecular weight excluding hydrogens is 186 g/mol. The first kappa shape index (κ1) is 11.3. The zero-order valence-corrected chi connectivity index (χ0v) is 9.53. The van der Waals surface area contributed by atoms with E-state index in [0.717, 1.165) is 6.54 Å². The van der Waals surface area contributed by atoms with Gasteiger partial charge >= 0.3 is 0 Å². The molecule has 78 valence electrons. The molecule has 3 heteroatoms. The van der Waals surface area contributed by atoms with Crippen LogP contribution in [0.5, 0.6) is 0 Å². The third-order valence-electron chi connectivity index (χ3n) is 2.46. The van der Waals surface area contributed by atoms with E-state index in [-0.39, 0.29) is 5.54 Å². The summed E-state index contributed by atoms with van der Waals surface area (Å²) in [6.45, 7) is 7.27.